The molecule has 4 N–H and O–H groups in total. The number of carbonyl (C=O) groups excluding carboxylic acids is 1. The van der Waals surface area contributed by atoms with Crippen LogP contribution in [-0.2, 0) is 14.8 Å². The first-order chi connectivity index (χ1) is 8.62. The van der Waals surface area contributed by atoms with Gasteiger partial charge in [-0.2, -0.15) is 0 Å². The number of hydrogen-bond donors (Lipinski definition) is 2. The first-order valence-electron chi connectivity index (χ1n) is 5.69. The lowest BCUT2D eigenvalue weighted by Crippen LogP contribution is -2.25. The number of primary sulfonamides is 1. The summed E-state index contributed by atoms with van der Waals surface area (Å²) in [7, 11) is -3.76. The molecule has 1 atom stereocenters. The van der Waals surface area contributed by atoms with Gasteiger partial charge in [-0.15, -0.1) is 0 Å². The number of amides is 1. The molecule has 7 heteroatoms. The number of nitrogens with two attached hydrogens (primary N) is 2. The Balaban J connectivity index is 3.00. The number of sulfonamides is 1. The molecule has 0 aliphatic carbocycles. The van der Waals surface area contributed by atoms with Crippen molar-refractivity contribution in [3.63, 3.8) is 0 Å². The molecule has 0 saturated heterocycles. The van der Waals surface area contributed by atoms with Crippen molar-refractivity contribution < 1.29 is 17.9 Å². The fourth-order valence-electron chi connectivity index (χ4n) is 1.75. The van der Waals surface area contributed by atoms with Crippen LogP contribution in [0.15, 0.2) is 17.0 Å². The summed E-state index contributed by atoms with van der Waals surface area (Å²) in [4.78, 5) is 11.0. The molecule has 0 bridgehead atoms. The second-order valence-corrected chi connectivity index (χ2v) is 6.04. The van der Waals surface area contributed by atoms with E-state index in [-0.39, 0.29) is 11.5 Å². The summed E-state index contributed by atoms with van der Waals surface area (Å²) in [6.07, 6.45) is 0. The van der Waals surface area contributed by atoms with Gasteiger partial charge >= 0.3 is 0 Å². The lowest BCUT2D eigenvalue weighted by Gasteiger charge is -2.13. The molecule has 106 valence electrons. The van der Waals surface area contributed by atoms with Crippen molar-refractivity contribution in [2.75, 3.05) is 6.61 Å². The largest absolute Gasteiger partial charge is 0.493 e. The monoisotopic (exact) mass is 286 g/mol. The quantitative estimate of drug-likeness (QED) is 0.818. The molecular weight excluding hydrogens is 268 g/mol. The molecule has 1 aromatic rings. The van der Waals surface area contributed by atoms with Crippen LogP contribution in [0.2, 0.25) is 0 Å². The van der Waals surface area contributed by atoms with Crippen molar-refractivity contribution in [2.45, 2.75) is 25.7 Å². The molecule has 0 aliphatic rings. The van der Waals surface area contributed by atoms with E-state index in [1.807, 2.05) is 0 Å². The van der Waals surface area contributed by atoms with Crippen molar-refractivity contribution in [2.24, 2.45) is 16.8 Å². The Labute approximate surface area is 112 Å². The lowest BCUT2D eigenvalue weighted by molar-refractivity contribution is -0.122. The lowest BCUT2D eigenvalue weighted by atomic mass is 10.1. The Bertz CT molecular complexity index is 573. The van der Waals surface area contributed by atoms with Crippen molar-refractivity contribution in [1.82, 2.24) is 0 Å². The normalized spacial score (nSPS) is 13.1. The molecule has 0 aromatic heterocycles. The summed E-state index contributed by atoms with van der Waals surface area (Å²) < 4.78 is 28.3. The minimum atomic E-state index is -3.76. The van der Waals surface area contributed by atoms with Crippen LogP contribution in [0, 0.1) is 19.8 Å². The average molecular weight is 286 g/mol. The zero-order valence-corrected chi connectivity index (χ0v) is 12.0. The van der Waals surface area contributed by atoms with Gasteiger partial charge in [0, 0.05) is 0 Å². The number of rotatable bonds is 5. The summed E-state index contributed by atoms with van der Waals surface area (Å²) in [6.45, 7) is 5.07. The first-order valence-corrected chi connectivity index (χ1v) is 7.23. The van der Waals surface area contributed by atoms with E-state index in [0.717, 1.165) is 0 Å². The standard InChI is InChI=1S/C12H18N2O4S/c1-7-4-10(18-6-9(3)12(13)15)5-8(2)11(7)19(14,16)17/h4-5,9H,6H2,1-3H3,(H2,13,15)(H2,14,16,17). The van der Waals surface area contributed by atoms with Gasteiger partial charge in [0.25, 0.3) is 0 Å². The van der Waals surface area contributed by atoms with E-state index in [2.05, 4.69) is 0 Å². The van der Waals surface area contributed by atoms with E-state index in [1.165, 1.54) is 0 Å². The number of carbonyl (C=O) groups is 1. The Morgan fingerprint density at radius 1 is 1.32 bits per heavy atom. The molecule has 0 saturated carbocycles. The van der Waals surface area contributed by atoms with Crippen LogP contribution in [0.5, 0.6) is 5.75 Å². The van der Waals surface area contributed by atoms with E-state index in [0.29, 0.717) is 16.9 Å². The molecule has 0 aliphatic heterocycles. The highest BCUT2D eigenvalue weighted by Gasteiger charge is 2.17. The van der Waals surface area contributed by atoms with E-state index >= 15 is 0 Å². The van der Waals surface area contributed by atoms with Gasteiger partial charge in [-0.25, -0.2) is 13.6 Å². The zero-order chi connectivity index (χ0) is 14.8. The number of benzene rings is 1. The molecule has 1 aromatic carbocycles. The van der Waals surface area contributed by atoms with Gasteiger partial charge in [0.05, 0.1) is 17.4 Å². The molecule has 0 heterocycles. The number of aryl methyl sites for hydroxylation is 2. The third kappa shape index (κ3) is 3.93. The van der Waals surface area contributed by atoms with Gasteiger partial charge in [0.2, 0.25) is 15.9 Å². The van der Waals surface area contributed by atoms with Crippen molar-refractivity contribution >= 4 is 15.9 Å². The van der Waals surface area contributed by atoms with Crippen molar-refractivity contribution in [1.29, 1.82) is 0 Å². The second kappa shape index (κ2) is 5.58. The van der Waals surface area contributed by atoms with Crippen molar-refractivity contribution in [3.8, 4) is 5.75 Å². The Morgan fingerprint density at radius 3 is 2.16 bits per heavy atom. The van der Waals surface area contributed by atoms with Gasteiger partial charge in [0.15, 0.2) is 0 Å². The number of ether oxygens (including phenoxy) is 1. The van der Waals surface area contributed by atoms with E-state index in [4.69, 9.17) is 15.6 Å². The minimum absolute atomic E-state index is 0.0998. The smallest absolute Gasteiger partial charge is 0.238 e. The maximum Gasteiger partial charge on any atom is 0.238 e. The predicted molar refractivity (Wildman–Crippen MR) is 71.1 cm³/mol. The van der Waals surface area contributed by atoms with Crippen LogP contribution in [0.1, 0.15) is 18.1 Å². The average Bonchev–Trinajstić information content (AvgIpc) is 2.22. The third-order valence-electron chi connectivity index (χ3n) is 2.70. The summed E-state index contributed by atoms with van der Waals surface area (Å²) in [5.41, 5.74) is 6.13. The molecule has 19 heavy (non-hydrogen) atoms. The highest BCUT2D eigenvalue weighted by atomic mass is 32.2. The maximum atomic E-state index is 11.4. The van der Waals surface area contributed by atoms with Gasteiger partial charge in [0.1, 0.15) is 5.75 Å². The van der Waals surface area contributed by atoms with Crippen LogP contribution < -0.4 is 15.6 Å². The van der Waals surface area contributed by atoms with Crippen LogP contribution >= 0.6 is 0 Å². The van der Waals surface area contributed by atoms with Gasteiger partial charge in [-0.1, -0.05) is 6.92 Å². The molecule has 6 nitrogen and oxygen atoms in total. The summed E-state index contributed by atoms with van der Waals surface area (Å²) in [6, 6.07) is 3.14. The van der Waals surface area contributed by atoms with Crippen molar-refractivity contribution in [3.05, 3.63) is 23.3 Å². The summed E-state index contributed by atoms with van der Waals surface area (Å²) in [5, 5.41) is 5.14. The highest BCUT2D eigenvalue weighted by molar-refractivity contribution is 7.89. The summed E-state index contributed by atoms with van der Waals surface area (Å²) in [5.74, 6) is -0.386. The Morgan fingerprint density at radius 2 is 1.79 bits per heavy atom. The molecule has 1 amide bonds. The van der Waals surface area contributed by atoms with Crippen LogP contribution in [0.25, 0.3) is 0 Å². The fraction of sp³-hybridized carbons (Fsp3) is 0.417. The third-order valence-corrected chi connectivity index (χ3v) is 3.92. The second-order valence-electron chi connectivity index (χ2n) is 4.55. The topological polar surface area (TPSA) is 112 Å². The molecule has 1 unspecified atom stereocenters. The molecule has 1 rings (SSSR count). The van der Waals surface area contributed by atoms with Crippen LogP contribution in [-0.4, -0.2) is 20.9 Å². The van der Waals surface area contributed by atoms with E-state index in [9.17, 15) is 13.2 Å². The number of primary amides is 1. The van der Waals surface area contributed by atoms with Gasteiger partial charge < -0.3 is 10.5 Å². The SMILES string of the molecule is Cc1cc(OCC(C)C(N)=O)cc(C)c1S(N)(=O)=O. The van der Waals surface area contributed by atoms with Gasteiger partial charge in [-0.05, 0) is 37.1 Å². The van der Waals surface area contributed by atoms with Gasteiger partial charge in [-0.3, -0.25) is 4.79 Å². The maximum absolute atomic E-state index is 11.4. The molecule has 0 fully saturated rings. The van der Waals surface area contributed by atoms with E-state index < -0.39 is 21.8 Å². The Hall–Kier alpha value is -1.60. The predicted octanol–water partition coefficient (Wildman–Crippen LogP) is 0.451. The first kappa shape index (κ1) is 15.5. The van der Waals surface area contributed by atoms with Crippen LogP contribution in [0.3, 0.4) is 0 Å². The van der Waals surface area contributed by atoms with Crippen LogP contribution in [0.4, 0.5) is 0 Å². The zero-order valence-electron chi connectivity index (χ0n) is 11.1. The molecule has 0 radical (unpaired) electrons. The summed E-state index contributed by atoms with van der Waals surface area (Å²) >= 11 is 0. The fourth-order valence-corrected chi connectivity index (χ4v) is 2.76. The minimum Gasteiger partial charge on any atom is -0.493 e. The number of hydrogen-bond acceptors (Lipinski definition) is 4. The molecular formula is C12H18N2O4S. The van der Waals surface area contributed by atoms with E-state index in [1.54, 1.807) is 32.9 Å². The Kier molecular flexibility index (Phi) is 4.54. The highest BCUT2D eigenvalue weighted by Crippen LogP contribution is 2.25. The molecule has 0 spiro atoms.